The van der Waals surface area contributed by atoms with Gasteiger partial charge in [0, 0.05) is 37.8 Å². The molecular weight excluding hydrogens is 236 g/mol. The van der Waals surface area contributed by atoms with Gasteiger partial charge >= 0.3 is 0 Å². The Balaban J connectivity index is 2.21. The first kappa shape index (κ1) is 14.5. The minimum Gasteiger partial charge on any atom is -0.309 e. The van der Waals surface area contributed by atoms with E-state index >= 15 is 0 Å². The highest BCUT2D eigenvalue weighted by atomic mass is 15.3. The van der Waals surface area contributed by atoms with Crippen molar-refractivity contribution in [3.05, 3.63) is 17.5 Å². The third-order valence-electron chi connectivity index (χ3n) is 4.51. The van der Waals surface area contributed by atoms with Gasteiger partial charge in [0.25, 0.3) is 0 Å². The molecule has 1 aliphatic rings. The summed E-state index contributed by atoms with van der Waals surface area (Å²) in [6.07, 6.45) is 1.16. The van der Waals surface area contributed by atoms with Gasteiger partial charge in [0.15, 0.2) is 0 Å². The lowest BCUT2D eigenvalue weighted by Gasteiger charge is -2.51. The smallest absolute Gasteiger partial charge is 0.0597 e. The van der Waals surface area contributed by atoms with E-state index in [1.165, 1.54) is 5.69 Å². The number of hydrogen-bond donors (Lipinski definition) is 1. The minimum atomic E-state index is 0.183. The summed E-state index contributed by atoms with van der Waals surface area (Å²) in [5, 5.41) is 8.13. The predicted molar refractivity (Wildman–Crippen MR) is 79.1 cm³/mol. The number of aryl methyl sites for hydroxylation is 2. The van der Waals surface area contributed by atoms with Gasteiger partial charge in [0.05, 0.1) is 11.4 Å². The van der Waals surface area contributed by atoms with Gasteiger partial charge in [0.1, 0.15) is 0 Å². The Labute approximate surface area is 117 Å². The highest BCUT2D eigenvalue weighted by Gasteiger charge is 2.39. The quantitative estimate of drug-likeness (QED) is 0.907. The Morgan fingerprint density at radius 2 is 2.05 bits per heavy atom. The first-order chi connectivity index (χ1) is 8.76. The van der Waals surface area contributed by atoms with E-state index in [0.29, 0.717) is 0 Å². The molecule has 1 aliphatic heterocycles. The van der Waals surface area contributed by atoms with Crippen molar-refractivity contribution in [1.29, 1.82) is 0 Å². The normalized spacial score (nSPS) is 27.7. The van der Waals surface area contributed by atoms with E-state index in [4.69, 9.17) is 0 Å². The van der Waals surface area contributed by atoms with Crippen molar-refractivity contribution in [3.8, 4) is 0 Å². The van der Waals surface area contributed by atoms with Crippen LogP contribution in [0.15, 0.2) is 6.07 Å². The highest BCUT2D eigenvalue weighted by Crippen LogP contribution is 2.28. The molecule has 0 saturated carbocycles. The fourth-order valence-corrected chi connectivity index (χ4v) is 2.87. The number of nitrogens with zero attached hydrogens (tertiary/aromatic N) is 3. The van der Waals surface area contributed by atoms with Crippen molar-refractivity contribution < 1.29 is 0 Å². The highest BCUT2D eigenvalue weighted by molar-refractivity contribution is 5.10. The van der Waals surface area contributed by atoms with Crippen molar-refractivity contribution in [2.75, 3.05) is 13.1 Å². The van der Waals surface area contributed by atoms with Gasteiger partial charge in [-0.1, -0.05) is 6.92 Å². The molecule has 0 bridgehead atoms. The van der Waals surface area contributed by atoms with E-state index in [-0.39, 0.29) is 11.1 Å². The van der Waals surface area contributed by atoms with E-state index in [1.807, 2.05) is 11.7 Å². The Kier molecular flexibility index (Phi) is 3.76. The van der Waals surface area contributed by atoms with Gasteiger partial charge < -0.3 is 5.32 Å². The van der Waals surface area contributed by atoms with Gasteiger partial charge in [-0.25, -0.2) is 0 Å². The molecule has 1 saturated heterocycles. The number of rotatable bonds is 3. The van der Waals surface area contributed by atoms with Crippen molar-refractivity contribution in [3.63, 3.8) is 0 Å². The van der Waals surface area contributed by atoms with Crippen LogP contribution in [-0.2, 0) is 13.6 Å². The molecule has 1 unspecified atom stereocenters. The molecular formula is C15H28N4. The van der Waals surface area contributed by atoms with Gasteiger partial charge in [-0.3, -0.25) is 9.58 Å². The zero-order valence-electron chi connectivity index (χ0n) is 13.2. The van der Waals surface area contributed by atoms with E-state index < -0.39 is 0 Å². The average Bonchev–Trinajstić information content (AvgIpc) is 2.63. The zero-order chi connectivity index (χ0) is 14.3. The maximum Gasteiger partial charge on any atom is 0.0597 e. The summed E-state index contributed by atoms with van der Waals surface area (Å²) in [5.41, 5.74) is 2.82. The molecule has 0 aromatic carbocycles. The molecule has 19 heavy (non-hydrogen) atoms. The molecule has 4 nitrogen and oxygen atoms in total. The second kappa shape index (κ2) is 4.91. The summed E-state index contributed by atoms with van der Waals surface area (Å²) in [6, 6.07) is 2.20. The van der Waals surface area contributed by atoms with Crippen molar-refractivity contribution in [2.45, 2.75) is 58.7 Å². The van der Waals surface area contributed by atoms with Crippen LogP contribution in [-0.4, -0.2) is 38.8 Å². The Morgan fingerprint density at radius 3 is 2.58 bits per heavy atom. The molecule has 0 amide bonds. The van der Waals surface area contributed by atoms with E-state index in [2.05, 4.69) is 56.0 Å². The third kappa shape index (κ3) is 3.00. The van der Waals surface area contributed by atoms with Crippen LogP contribution in [0.2, 0.25) is 0 Å². The molecule has 1 aromatic heterocycles. The van der Waals surface area contributed by atoms with Crippen LogP contribution in [0.5, 0.6) is 0 Å². The Morgan fingerprint density at radius 1 is 1.37 bits per heavy atom. The average molecular weight is 264 g/mol. The number of nitrogens with one attached hydrogen (secondary N) is 1. The molecule has 4 heteroatoms. The monoisotopic (exact) mass is 264 g/mol. The lowest BCUT2D eigenvalue weighted by Crippen LogP contribution is -2.66. The van der Waals surface area contributed by atoms with E-state index in [1.54, 1.807) is 0 Å². The van der Waals surface area contributed by atoms with E-state index in [0.717, 1.165) is 31.7 Å². The summed E-state index contributed by atoms with van der Waals surface area (Å²) in [7, 11) is 2.04. The fraction of sp³-hybridized carbons (Fsp3) is 0.800. The molecule has 0 spiro atoms. The van der Waals surface area contributed by atoms with Gasteiger partial charge in [-0.15, -0.1) is 0 Å². The minimum absolute atomic E-state index is 0.183. The zero-order valence-corrected chi connectivity index (χ0v) is 13.2. The largest absolute Gasteiger partial charge is 0.309 e. The van der Waals surface area contributed by atoms with Crippen LogP contribution >= 0.6 is 0 Å². The predicted octanol–water partition coefficient (Wildman–Crippen LogP) is 2.08. The first-order valence-corrected chi connectivity index (χ1v) is 7.25. The number of piperazine rings is 1. The summed E-state index contributed by atoms with van der Waals surface area (Å²) < 4.78 is 2.01. The molecule has 2 rings (SSSR count). The molecule has 0 aliphatic carbocycles. The first-order valence-electron chi connectivity index (χ1n) is 7.25. The SMILES string of the molecule is CCC1(C)CNC(C)(C)CN1Cc1cc(C)nn1C. The topological polar surface area (TPSA) is 33.1 Å². The van der Waals surface area contributed by atoms with Crippen LogP contribution in [0.4, 0.5) is 0 Å². The second-order valence-electron chi connectivity index (χ2n) is 6.84. The van der Waals surface area contributed by atoms with Gasteiger partial charge in [-0.05, 0) is 40.2 Å². The Hall–Kier alpha value is -0.870. The van der Waals surface area contributed by atoms with Crippen LogP contribution in [0.3, 0.4) is 0 Å². The van der Waals surface area contributed by atoms with E-state index in [9.17, 15) is 0 Å². The summed E-state index contributed by atoms with van der Waals surface area (Å²) in [6.45, 7) is 14.4. The number of hydrogen-bond acceptors (Lipinski definition) is 3. The molecule has 1 fully saturated rings. The van der Waals surface area contributed by atoms with Crippen molar-refractivity contribution >= 4 is 0 Å². The maximum absolute atomic E-state index is 4.46. The lowest BCUT2D eigenvalue weighted by atomic mass is 9.88. The number of aromatic nitrogens is 2. The second-order valence-corrected chi connectivity index (χ2v) is 6.84. The standard InChI is InChI=1S/C15H28N4/c1-7-15(5)10-16-14(3,4)11-19(15)9-13-8-12(2)17-18(13)6/h8,16H,7,9-11H2,1-6H3. The van der Waals surface area contributed by atoms with Crippen molar-refractivity contribution in [1.82, 2.24) is 20.0 Å². The Bertz CT molecular complexity index is 449. The van der Waals surface area contributed by atoms with Crippen LogP contribution in [0.1, 0.15) is 45.5 Å². The molecule has 1 aromatic rings. The maximum atomic E-state index is 4.46. The van der Waals surface area contributed by atoms with Crippen LogP contribution < -0.4 is 5.32 Å². The fourth-order valence-electron chi connectivity index (χ4n) is 2.87. The molecule has 2 heterocycles. The van der Waals surface area contributed by atoms with Crippen LogP contribution in [0, 0.1) is 6.92 Å². The van der Waals surface area contributed by atoms with Gasteiger partial charge in [-0.2, -0.15) is 5.10 Å². The van der Waals surface area contributed by atoms with Crippen LogP contribution in [0.25, 0.3) is 0 Å². The van der Waals surface area contributed by atoms with Crippen molar-refractivity contribution in [2.24, 2.45) is 7.05 Å². The molecule has 0 radical (unpaired) electrons. The summed E-state index contributed by atoms with van der Waals surface area (Å²) in [4.78, 5) is 2.61. The van der Waals surface area contributed by atoms with Gasteiger partial charge in [0.2, 0.25) is 0 Å². The summed E-state index contributed by atoms with van der Waals surface area (Å²) in [5.74, 6) is 0. The molecule has 108 valence electrons. The molecule has 1 N–H and O–H groups in total. The third-order valence-corrected chi connectivity index (χ3v) is 4.51. The summed E-state index contributed by atoms with van der Waals surface area (Å²) >= 11 is 0. The lowest BCUT2D eigenvalue weighted by molar-refractivity contribution is 0.0158. The molecule has 1 atom stereocenters.